The zero-order chi connectivity index (χ0) is 23.1. The summed E-state index contributed by atoms with van der Waals surface area (Å²) >= 11 is 23.9. The highest BCUT2D eigenvalue weighted by atomic mass is 35.5. The molecule has 0 aliphatic carbocycles. The van der Waals surface area contributed by atoms with Crippen LogP contribution in [0.15, 0.2) is 24.4 Å². The molecule has 0 aliphatic heterocycles. The lowest BCUT2D eigenvalue weighted by Gasteiger charge is -2.13. The van der Waals surface area contributed by atoms with Crippen molar-refractivity contribution >= 4 is 58.1 Å². The molecule has 1 N–H and O–H groups in total. The van der Waals surface area contributed by atoms with E-state index < -0.39 is 28.8 Å². The first-order valence-electron chi connectivity index (χ1n) is 8.68. The molecular weight excluding hydrogens is 501 g/mol. The summed E-state index contributed by atoms with van der Waals surface area (Å²) in [6.07, 6.45) is -3.27. The third kappa shape index (κ3) is 5.11. The number of aromatic nitrogens is 4. The van der Waals surface area contributed by atoms with Gasteiger partial charge in [0.2, 0.25) is 5.91 Å². The number of rotatable bonds is 5. The van der Waals surface area contributed by atoms with E-state index in [1.807, 2.05) is 0 Å². The maximum absolute atomic E-state index is 13.0. The lowest BCUT2D eigenvalue weighted by Crippen LogP contribution is -2.26. The molecule has 2 heterocycles. The highest BCUT2D eigenvalue weighted by Gasteiger charge is 2.39. The van der Waals surface area contributed by atoms with Crippen LogP contribution in [0.4, 0.5) is 19.0 Å². The van der Waals surface area contributed by atoms with Crippen LogP contribution in [0.2, 0.25) is 20.1 Å². The van der Waals surface area contributed by atoms with Gasteiger partial charge in [-0.1, -0.05) is 52.5 Å². The number of hydrogen-bond acceptors (Lipinski definition) is 3. The predicted molar refractivity (Wildman–Crippen MR) is 113 cm³/mol. The van der Waals surface area contributed by atoms with Gasteiger partial charge in [-0.25, -0.2) is 0 Å². The minimum absolute atomic E-state index is 0.00523. The van der Waals surface area contributed by atoms with Gasteiger partial charge in [0.25, 0.3) is 0 Å². The smallest absolute Gasteiger partial charge is 0.306 e. The highest BCUT2D eigenvalue weighted by Crippen LogP contribution is 2.36. The van der Waals surface area contributed by atoms with Crippen LogP contribution in [-0.4, -0.2) is 25.5 Å². The maximum atomic E-state index is 13.0. The number of nitrogens with one attached hydrogen (secondary N) is 1. The molecular formula is C18H14Cl4F3N5O. The Labute approximate surface area is 194 Å². The molecule has 13 heteroatoms. The number of amides is 1. The minimum atomic E-state index is -4.74. The van der Waals surface area contributed by atoms with Crippen molar-refractivity contribution in [2.24, 2.45) is 0 Å². The molecule has 3 rings (SSSR count). The van der Waals surface area contributed by atoms with Crippen LogP contribution in [0.1, 0.15) is 29.9 Å². The SMILES string of the molecule is Cc1c(Cl)c(C(F)(F)F)nn1C(C)C(=O)Nc1nn(Cc2ccc(Cl)cc2Cl)cc1Cl. The number of hydrogen-bond donors (Lipinski definition) is 1. The largest absolute Gasteiger partial charge is 0.436 e. The first-order chi connectivity index (χ1) is 14.4. The summed E-state index contributed by atoms with van der Waals surface area (Å²) in [6.45, 7) is 2.97. The number of benzene rings is 1. The second-order valence-corrected chi connectivity index (χ2v) is 8.24. The molecule has 0 radical (unpaired) electrons. The van der Waals surface area contributed by atoms with E-state index in [1.165, 1.54) is 24.7 Å². The molecule has 3 aromatic rings. The van der Waals surface area contributed by atoms with Crippen molar-refractivity contribution in [2.75, 3.05) is 5.32 Å². The first-order valence-corrected chi connectivity index (χ1v) is 10.2. The van der Waals surface area contributed by atoms with Gasteiger partial charge in [0.1, 0.15) is 11.1 Å². The summed E-state index contributed by atoms with van der Waals surface area (Å²) in [5.74, 6) is -0.636. The topological polar surface area (TPSA) is 64.7 Å². The van der Waals surface area contributed by atoms with E-state index in [9.17, 15) is 18.0 Å². The highest BCUT2D eigenvalue weighted by molar-refractivity contribution is 6.35. The fourth-order valence-electron chi connectivity index (χ4n) is 2.78. The van der Waals surface area contributed by atoms with E-state index in [0.717, 1.165) is 10.2 Å². The maximum Gasteiger partial charge on any atom is 0.436 e. The van der Waals surface area contributed by atoms with Crippen molar-refractivity contribution in [2.45, 2.75) is 32.6 Å². The van der Waals surface area contributed by atoms with Crippen molar-refractivity contribution < 1.29 is 18.0 Å². The molecule has 1 aromatic carbocycles. The third-order valence-corrected chi connectivity index (χ3v) is 5.71. The van der Waals surface area contributed by atoms with Crippen molar-refractivity contribution in [3.63, 3.8) is 0 Å². The van der Waals surface area contributed by atoms with Gasteiger partial charge >= 0.3 is 6.18 Å². The summed E-state index contributed by atoms with van der Waals surface area (Å²) in [7, 11) is 0. The van der Waals surface area contributed by atoms with Gasteiger partial charge in [-0.3, -0.25) is 14.2 Å². The second-order valence-electron chi connectivity index (χ2n) is 6.61. The van der Waals surface area contributed by atoms with E-state index in [1.54, 1.807) is 18.2 Å². The van der Waals surface area contributed by atoms with Crippen LogP contribution in [0.25, 0.3) is 0 Å². The van der Waals surface area contributed by atoms with Gasteiger partial charge in [-0.15, -0.1) is 0 Å². The Hall–Kier alpha value is -1.94. The lowest BCUT2D eigenvalue weighted by molar-refractivity contribution is -0.141. The van der Waals surface area contributed by atoms with E-state index in [0.29, 0.717) is 10.0 Å². The van der Waals surface area contributed by atoms with Crippen molar-refractivity contribution in [3.8, 4) is 0 Å². The minimum Gasteiger partial charge on any atom is -0.306 e. The van der Waals surface area contributed by atoms with E-state index in [2.05, 4.69) is 15.5 Å². The number of nitrogens with zero attached hydrogens (tertiary/aromatic N) is 4. The Balaban J connectivity index is 1.78. The molecule has 1 atom stereocenters. The number of carbonyl (C=O) groups is 1. The second kappa shape index (κ2) is 8.90. The zero-order valence-electron chi connectivity index (χ0n) is 15.9. The monoisotopic (exact) mass is 513 g/mol. The normalized spacial score (nSPS) is 12.8. The summed E-state index contributed by atoms with van der Waals surface area (Å²) in [5, 5.41) is 10.6. The Kier molecular flexibility index (Phi) is 6.81. The fraction of sp³-hybridized carbons (Fsp3) is 0.278. The Morgan fingerprint density at radius 3 is 2.42 bits per heavy atom. The Morgan fingerprint density at radius 2 is 1.84 bits per heavy atom. The molecule has 0 bridgehead atoms. The number of halogens is 7. The molecule has 0 saturated heterocycles. The summed E-state index contributed by atoms with van der Waals surface area (Å²) in [4.78, 5) is 12.6. The summed E-state index contributed by atoms with van der Waals surface area (Å²) < 4.78 is 41.4. The van der Waals surface area contributed by atoms with Crippen LogP contribution in [0, 0.1) is 6.92 Å². The molecule has 0 saturated carbocycles. The first kappa shape index (κ1) is 23.7. The lowest BCUT2D eigenvalue weighted by atomic mass is 10.2. The molecule has 1 amide bonds. The molecule has 6 nitrogen and oxygen atoms in total. The zero-order valence-corrected chi connectivity index (χ0v) is 19.0. The van der Waals surface area contributed by atoms with Crippen LogP contribution < -0.4 is 5.32 Å². The van der Waals surface area contributed by atoms with Crippen molar-refractivity contribution in [1.29, 1.82) is 0 Å². The summed E-state index contributed by atoms with van der Waals surface area (Å²) in [5.41, 5.74) is -0.530. The standard InChI is InChI=1S/C18H14Cl4F3N5O/c1-8-14(22)15(18(23,24)25)27-30(8)9(2)17(31)26-16-13(21)7-29(28-16)6-10-3-4-11(19)5-12(10)20/h3-5,7,9H,6H2,1-2H3,(H,26,28,31). The van der Waals surface area contributed by atoms with E-state index >= 15 is 0 Å². The van der Waals surface area contributed by atoms with Gasteiger partial charge in [-0.05, 0) is 31.5 Å². The average Bonchev–Trinajstić information content (AvgIpc) is 3.16. The van der Waals surface area contributed by atoms with Crippen molar-refractivity contribution in [3.05, 3.63) is 61.4 Å². The molecule has 0 aliphatic rings. The Morgan fingerprint density at radius 1 is 1.16 bits per heavy atom. The van der Waals surface area contributed by atoms with E-state index in [-0.39, 0.29) is 23.1 Å². The molecule has 2 aromatic heterocycles. The van der Waals surface area contributed by atoms with Crippen LogP contribution >= 0.6 is 46.4 Å². The molecule has 1 unspecified atom stereocenters. The quantitative estimate of drug-likeness (QED) is 0.436. The molecule has 166 valence electrons. The average molecular weight is 515 g/mol. The molecule has 0 fully saturated rings. The van der Waals surface area contributed by atoms with Gasteiger partial charge in [0.05, 0.1) is 17.3 Å². The van der Waals surface area contributed by atoms with Gasteiger partial charge in [0.15, 0.2) is 11.5 Å². The van der Waals surface area contributed by atoms with E-state index in [4.69, 9.17) is 46.4 Å². The summed E-state index contributed by atoms with van der Waals surface area (Å²) in [6, 6.07) is 3.87. The Bertz CT molecular complexity index is 1140. The van der Waals surface area contributed by atoms with Crippen LogP contribution in [-0.2, 0) is 17.5 Å². The number of carbonyl (C=O) groups excluding carboxylic acids is 1. The van der Waals surface area contributed by atoms with Crippen LogP contribution in [0.3, 0.4) is 0 Å². The molecule has 0 spiro atoms. The van der Waals surface area contributed by atoms with Gasteiger partial charge in [0, 0.05) is 16.2 Å². The molecule has 31 heavy (non-hydrogen) atoms. The third-order valence-electron chi connectivity index (χ3n) is 4.40. The predicted octanol–water partition coefficient (Wildman–Crippen LogP) is 6.27. The fourth-order valence-corrected chi connectivity index (χ4v) is 3.67. The van der Waals surface area contributed by atoms with Crippen LogP contribution in [0.5, 0.6) is 0 Å². The van der Waals surface area contributed by atoms with Crippen molar-refractivity contribution in [1.82, 2.24) is 19.6 Å². The number of anilines is 1. The number of alkyl halides is 3. The van der Waals surface area contributed by atoms with Gasteiger partial charge in [-0.2, -0.15) is 23.4 Å². The van der Waals surface area contributed by atoms with Gasteiger partial charge < -0.3 is 5.32 Å².